The standard InChI is InChI=1S/C27H20FN7O2/c1-14-3-4-17(25-33-27(37-34-25)20-11-22(20)28)9-23(14)32-26(36)21-13-30-35-8-7-16(10-24(21)35)19-6-5-18(12-29)31-15(19)2/h3-10,13,20,22H,11H2,1-2H3,(H,32,36)/t20-,22-/m0/s1. The number of fused-ring (bicyclic) bond motifs is 1. The number of benzene rings is 1. The van der Waals surface area contributed by atoms with Crippen molar-refractivity contribution in [1.82, 2.24) is 24.7 Å². The van der Waals surface area contributed by atoms with E-state index in [1.165, 1.54) is 6.20 Å². The van der Waals surface area contributed by atoms with Crippen molar-refractivity contribution >= 4 is 17.1 Å². The molecule has 0 spiro atoms. The molecule has 0 radical (unpaired) electrons. The molecule has 6 rings (SSSR count). The number of hydrogen-bond donors (Lipinski definition) is 1. The van der Waals surface area contributed by atoms with Gasteiger partial charge in [-0.1, -0.05) is 17.3 Å². The molecule has 10 heteroatoms. The topological polar surface area (TPSA) is 122 Å². The van der Waals surface area contributed by atoms with Crippen molar-refractivity contribution in [2.75, 3.05) is 5.32 Å². The molecule has 0 saturated heterocycles. The third kappa shape index (κ3) is 4.10. The maximum absolute atomic E-state index is 13.4. The van der Waals surface area contributed by atoms with Gasteiger partial charge in [0.1, 0.15) is 17.9 Å². The van der Waals surface area contributed by atoms with Gasteiger partial charge in [-0.2, -0.15) is 15.3 Å². The maximum Gasteiger partial charge on any atom is 0.259 e. The Kier molecular flexibility index (Phi) is 5.26. The first-order valence-corrected chi connectivity index (χ1v) is 11.7. The van der Waals surface area contributed by atoms with Crippen LogP contribution in [0.2, 0.25) is 0 Å². The number of rotatable bonds is 5. The van der Waals surface area contributed by atoms with E-state index in [-0.39, 0.29) is 11.8 Å². The monoisotopic (exact) mass is 493 g/mol. The van der Waals surface area contributed by atoms with Crippen LogP contribution in [0.4, 0.5) is 10.1 Å². The summed E-state index contributed by atoms with van der Waals surface area (Å²) < 4.78 is 20.2. The molecule has 1 N–H and O–H groups in total. The van der Waals surface area contributed by atoms with Gasteiger partial charge >= 0.3 is 0 Å². The molecule has 1 aliphatic rings. The summed E-state index contributed by atoms with van der Waals surface area (Å²) in [4.78, 5) is 22.0. The number of halogens is 1. The zero-order valence-electron chi connectivity index (χ0n) is 19.9. The number of nitriles is 1. The highest BCUT2D eigenvalue weighted by Crippen LogP contribution is 2.43. The Balaban J connectivity index is 1.29. The summed E-state index contributed by atoms with van der Waals surface area (Å²) in [5.74, 6) is -0.00972. The van der Waals surface area contributed by atoms with E-state index in [2.05, 4.69) is 25.5 Å². The third-order valence-electron chi connectivity index (χ3n) is 6.49. The highest BCUT2D eigenvalue weighted by Gasteiger charge is 2.43. The molecule has 0 bridgehead atoms. The lowest BCUT2D eigenvalue weighted by Gasteiger charge is -2.10. The summed E-state index contributed by atoms with van der Waals surface area (Å²) in [7, 11) is 0. The van der Waals surface area contributed by atoms with Crippen molar-refractivity contribution in [1.29, 1.82) is 5.26 Å². The van der Waals surface area contributed by atoms with E-state index in [0.29, 0.717) is 46.2 Å². The average Bonchev–Trinajstić information content (AvgIpc) is 3.28. The number of amides is 1. The largest absolute Gasteiger partial charge is 0.339 e. The van der Waals surface area contributed by atoms with Crippen molar-refractivity contribution < 1.29 is 13.7 Å². The Bertz CT molecular complexity index is 1730. The van der Waals surface area contributed by atoms with Crippen molar-refractivity contribution in [2.45, 2.75) is 32.4 Å². The molecule has 37 heavy (non-hydrogen) atoms. The van der Waals surface area contributed by atoms with Crippen LogP contribution in [0.3, 0.4) is 0 Å². The minimum atomic E-state index is -0.926. The van der Waals surface area contributed by atoms with Crippen molar-refractivity contribution in [3.05, 3.63) is 83.3 Å². The molecule has 1 amide bonds. The van der Waals surface area contributed by atoms with Crippen molar-refractivity contribution in [2.24, 2.45) is 0 Å². The summed E-state index contributed by atoms with van der Waals surface area (Å²) >= 11 is 0. The lowest BCUT2D eigenvalue weighted by atomic mass is 10.0. The quantitative estimate of drug-likeness (QED) is 0.365. The normalized spacial score (nSPS) is 16.5. The fourth-order valence-corrected chi connectivity index (χ4v) is 4.26. The summed E-state index contributed by atoms with van der Waals surface area (Å²) in [5.41, 5.74) is 5.90. The number of alkyl halides is 1. The number of aromatic nitrogens is 5. The zero-order valence-corrected chi connectivity index (χ0v) is 19.9. The first-order valence-electron chi connectivity index (χ1n) is 11.7. The molecule has 1 fully saturated rings. The fourth-order valence-electron chi connectivity index (χ4n) is 4.26. The second-order valence-electron chi connectivity index (χ2n) is 9.04. The molecule has 5 aromatic rings. The number of carbonyl (C=O) groups excluding carboxylic acids is 1. The third-order valence-corrected chi connectivity index (χ3v) is 6.49. The van der Waals surface area contributed by atoms with Gasteiger partial charge in [-0.05, 0) is 61.7 Å². The average molecular weight is 494 g/mol. The predicted octanol–water partition coefficient (Wildman–Crippen LogP) is 5.01. The Hall–Kier alpha value is -4.91. The van der Waals surface area contributed by atoms with Crippen LogP contribution in [0.25, 0.3) is 28.0 Å². The summed E-state index contributed by atoms with van der Waals surface area (Å²) in [5, 5.41) is 20.4. The van der Waals surface area contributed by atoms with E-state index in [1.807, 2.05) is 50.2 Å². The molecule has 0 aliphatic heterocycles. The summed E-state index contributed by atoms with van der Waals surface area (Å²) in [6.07, 6.45) is 2.77. The minimum absolute atomic E-state index is 0.295. The Morgan fingerprint density at radius 1 is 1.16 bits per heavy atom. The minimum Gasteiger partial charge on any atom is -0.339 e. The summed E-state index contributed by atoms with van der Waals surface area (Å²) in [6, 6.07) is 14.8. The summed E-state index contributed by atoms with van der Waals surface area (Å²) in [6.45, 7) is 3.72. The molecule has 2 atom stereocenters. The number of hydrogen-bond acceptors (Lipinski definition) is 7. The number of anilines is 1. The molecular weight excluding hydrogens is 473 g/mol. The lowest BCUT2D eigenvalue weighted by Crippen LogP contribution is -2.12. The first-order chi connectivity index (χ1) is 17.9. The Morgan fingerprint density at radius 2 is 2.00 bits per heavy atom. The molecule has 1 saturated carbocycles. The fraction of sp³-hybridized carbons (Fsp3) is 0.185. The van der Waals surface area contributed by atoms with E-state index in [1.54, 1.807) is 22.8 Å². The molecule has 1 aromatic carbocycles. The molecule has 182 valence electrons. The smallest absolute Gasteiger partial charge is 0.259 e. The molecule has 4 aromatic heterocycles. The Labute approximate surface area is 210 Å². The number of carbonyl (C=O) groups is 1. The zero-order chi connectivity index (χ0) is 25.7. The van der Waals surface area contributed by atoms with Crippen LogP contribution < -0.4 is 5.32 Å². The number of nitrogens with zero attached hydrogens (tertiary/aromatic N) is 6. The van der Waals surface area contributed by atoms with Gasteiger partial charge in [-0.3, -0.25) is 4.79 Å². The SMILES string of the molecule is Cc1ccc(-c2noc([C@H]3C[C@@H]3F)n2)cc1NC(=O)c1cnn2ccc(-c3ccc(C#N)nc3C)cc12. The van der Waals surface area contributed by atoms with Crippen LogP contribution in [0.1, 0.15) is 45.5 Å². The number of pyridine rings is 2. The predicted molar refractivity (Wildman–Crippen MR) is 133 cm³/mol. The second-order valence-corrected chi connectivity index (χ2v) is 9.04. The van der Waals surface area contributed by atoms with Gasteiger partial charge in [0.2, 0.25) is 11.7 Å². The van der Waals surface area contributed by atoms with Crippen LogP contribution in [-0.2, 0) is 0 Å². The molecule has 4 heterocycles. The lowest BCUT2D eigenvalue weighted by molar-refractivity contribution is 0.102. The maximum atomic E-state index is 13.4. The van der Waals surface area contributed by atoms with Gasteiger partial charge < -0.3 is 9.84 Å². The van der Waals surface area contributed by atoms with Crippen LogP contribution >= 0.6 is 0 Å². The van der Waals surface area contributed by atoms with E-state index in [4.69, 9.17) is 9.78 Å². The van der Waals surface area contributed by atoms with Gasteiger partial charge in [0.25, 0.3) is 5.91 Å². The van der Waals surface area contributed by atoms with Crippen molar-refractivity contribution in [3.8, 4) is 28.6 Å². The highest BCUT2D eigenvalue weighted by molar-refractivity contribution is 6.09. The van der Waals surface area contributed by atoms with E-state index in [9.17, 15) is 9.18 Å². The van der Waals surface area contributed by atoms with Gasteiger partial charge in [0, 0.05) is 28.7 Å². The number of nitrogens with one attached hydrogen (secondary N) is 1. The van der Waals surface area contributed by atoms with Gasteiger partial charge in [-0.15, -0.1) is 0 Å². The van der Waals surface area contributed by atoms with Crippen LogP contribution in [0.5, 0.6) is 0 Å². The second kappa shape index (κ2) is 8.64. The van der Waals surface area contributed by atoms with Gasteiger partial charge in [0.15, 0.2) is 0 Å². The van der Waals surface area contributed by atoms with Crippen molar-refractivity contribution in [3.63, 3.8) is 0 Å². The van der Waals surface area contributed by atoms with Crippen LogP contribution in [0.15, 0.2) is 59.4 Å². The van der Waals surface area contributed by atoms with E-state index in [0.717, 1.165) is 22.4 Å². The number of aryl methyl sites for hydroxylation is 2. The Morgan fingerprint density at radius 3 is 2.76 bits per heavy atom. The van der Waals surface area contributed by atoms with E-state index >= 15 is 0 Å². The van der Waals surface area contributed by atoms with E-state index < -0.39 is 6.17 Å². The first kappa shape index (κ1) is 22.5. The molecular formula is C27H20FN7O2. The van der Waals surface area contributed by atoms with Gasteiger partial charge in [-0.25, -0.2) is 13.9 Å². The van der Waals surface area contributed by atoms with Crippen LogP contribution in [-0.4, -0.2) is 36.8 Å². The molecule has 1 aliphatic carbocycles. The molecule has 9 nitrogen and oxygen atoms in total. The van der Waals surface area contributed by atoms with Gasteiger partial charge in [0.05, 0.1) is 23.2 Å². The highest BCUT2D eigenvalue weighted by atomic mass is 19.1. The molecule has 0 unspecified atom stereocenters. The van der Waals surface area contributed by atoms with Crippen LogP contribution in [0, 0.1) is 25.2 Å².